The molecule has 0 aliphatic carbocycles. The fraction of sp³-hybridized carbons (Fsp3) is 0.278. The summed E-state index contributed by atoms with van der Waals surface area (Å²) in [5.74, 6) is 2.25. The van der Waals surface area contributed by atoms with Gasteiger partial charge in [0.1, 0.15) is 5.75 Å². The number of hydrogen-bond donors (Lipinski definition) is 1. The van der Waals surface area contributed by atoms with Gasteiger partial charge in [0.15, 0.2) is 6.61 Å². The Morgan fingerprint density at radius 1 is 1.17 bits per heavy atom. The summed E-state index contributed by atoms with van der Waals surface area (Å²) in [5.41, 5.74) is 2.14. The van der Waals surface area contributed by atoms with Gasteiger partial charge in [-0.2, -0.15) is 11.8 Å². The summed E-state index contributed by atoms with van der Waals surface area (Å²) in [5, 5.41) is 4.27. The number of carbonyl (C=O) groups excluding carboxylic acids is 1. The summed E-state index contributed by atoms with van der Waals surface area (Å²) in [4.78, 5) is 11.8. The first-order valence-corrected chi connectivity index (χ1v) is 9.43. The van der Waals surface area contributed by atoms with Crippen LogP contribution in [0.1, 0.15) is 11.1 Å². The first-order valence-electron chi connectivity index (χ1n) is 7.52. The third-order valence-electron chi connectivity index (χ3n) is 3.25. The second-order valence-corrected chi connectivity index (χ2v) is 7.18. The average molecular weight is 384 g/mol. The lowest BCUT2D eigenvalue weighted by Gasteiger charge is -2.08. The molecule has 0 aromatic heterocycles. The Morgan fingerprint density at radius 2 is 1.92 bits per heavy atom. The van der Waals surface area contributed by atoms with Gasteiger partial charge in [-0.3, -0.25) is 4.79 Å². The first kappa shape index (κ1) is 19.0. The van der Waals surface area contributed by atoms with E-state index in [9.17, 15) is 4.79 Å². The Balaban J connectivity index is 1.59. The lowest BCUT2D eigenvalue weighted by molar-refractivity contribution is -0.122. The van der Waals surface area contributed by atoms with E-state index < -0.39 is 0 Å². The Labute approximate surface area is 156 Å². The van der Waals surface area contributed by atoms with Crippen molar-refractivity contribution in [2.75, 3.05) is 18.9 Å². The van der Waals surface area contributed by atoms with Crippen molar-refractivity contribution in [2.45, 2.75) is 12.7 Å². The molecule has 2 aromatic carbocycles. The molecule has 0 spiro atoms. The molecule has 0 radical (unpaired) electrons. The van der Waals surface area contributed by atoms with Gasteiger partial charge in [-0.25, -0.2) is 0 Å². The molecule has 0 aliphatic heterocycles. The Kier molecular flexibility index (Phi) is 7.76. The fourth-order valence-electron chi connectivity index (χ4n) is 1.94. The molecule has 1 N–H and O–H groups in total. The van der Waals surface area contributed by atoms with Crippen LogP contribution in [0.2, 0.25) is 10.0 Å². The van der Waals surface area contributed by atoms with Gasteiger partial charge in [0.2, 0.25) is 0 Å². The molecule has 0 heterocycles. The van der Waals surface area contributed by atoms with E-state index in [-0.39, 0.29) is 12.5 Å². The molecule has 0 saturated heterocycles. The van der Waals surface area contributed by atoms with E-state index in [1.807, 2.05) is 37.3 Å². The fourth-order valence-corrected chi connectivity index (χ4v) is 3.00. The smallest absolute Gasteiger partial charge is 0.257 e. The highest BCUT2D eigenvalue weighted by molar-refractivity contribution is 7.98. The lowest BCUT2D eigenvalue weighted by Crippen LogP contribution is -2.30. The second kappa shape index (κ2) is 9.82. The molecule has 128 valence electrons. The number of benzene rings is 2. The third kappa shape index (κ3) is 6.63. The van der Waals surface area contributed by atoms with Gasteiger partial charge in [-0.15, -0.1) is 0 Å². The maximum Gasteiger partial charge on any atom is 0.257 e. The van der Waals surface area contributed by atoms with Crippen molar-refractivity contribution in [3.63, 3.8) is 0 Å². The standard InChI is InChI=1S/C18H19Cl2NO2S/c1-13-10-16(6-7-17(13)20)23-11-18(22)21-8-9-24-12-14-2-4-15(19)5-3-14/h2-7,10H,8-9,11-12H2,1H3,(H,21,22). The van der Waals surface area contributed by atoms with Crippen molar-refractivity contribution in [1.29, 1.82) is 0 Å². The maximum atomic E-state index is 11.8. The minimum atomic E-state index is -0.130. The molecule has 2 rings (SSSR count). The van der Waals surface area contributed by atoms with Crippen molar-refractivity contribution < 1.29 is 9.53 Å². The van der Waals surface area contributed by atoms with Crippen LogP contribution in [0.5, 0.6) is 5.75 Å². The Morgan fingerprint density at radius 3 is 2.62 bits per heavy atom. The highest BCUT2D eigenvalue weighted by Gasteiger charge is 2.04. The number of carbonyl (C=O) groups is 1. The minimum Gasteiger partial charge on any atom is -0.484 e. The van der Waals surface area contributed by atoms with Crippen LogP contribution in [0.4, 0.5) is 0 Å². The lowest BCUT2D eigenvalue weighted by atomic mass is 10.2. The van der Waals surface area contributed by atoms with Crippen LogP contribution in [0.3, 0.4) is 0 Å². The number of nitrogens with one attached hydrogen (secondary N) is 1. The number of halogens is 2. The van der Waals surface area contributed by atoms with E-state index in [4.69, 9.17) is 27.9 Å². The first-order chi connectivity index (χ1) is 11.5. The average Bonchev–Trinajstić information content (AvgIpc) is 2.57. The number of ether oxygens (including phenoxy) is 1. The largest absolute Gasteiger partial charge is 0.484 e. The van der Waals surface area contributed by atoms with E-state index in [0.717, 1.165) is 22.1 Å². The molecule has 0 aliphatic rings. The van der Waals surface area contributed by atoms with E-state index >= 15 is 0 Å². The van der Waals surface area contributed by atoms with Gasteiger partial charge in [0.25, 0.3) is 5.91 Å². The number of rotatable bonds is 8. The topological polar surface area (TPSA) is 38.3 Å². The zero-order chi connectivity index (χ0) is 17.4. The summed E-state index contributed by atoms with van der Waals surface area (Å²) in [6.07, 6.45) is 0. The van der Waals surface area contributed by atoms with Gasteiger partial charge >= 0.3 is 0 Å². The highest BCUT2D eigenvalue weighted by Crippen LogP contribution is 2.20. The molecule has 0 unspecified atom stereocenters. The van der Waals surface area contributed by atoms with Gasteiger partial charge < -0.3 is 10.1 Å². The molecular weight excluding hydrogens is 365 g/mol. The number of aryl methyl sites for hydroxylation is 1. The van der Waals surface area contributed by atoms with Crippen molar-refractivity contribution in [2.24, 2.45) is 0 Å². The van der Waals surface area contributed by atoms with Crippen molar-refractivity contribution >= 4 is 40.9 Å². The zero-order valence-corrected chi connectivity index (χ0v) is 15.7. The van der Waals surface area contributed by atoms with Gasteiger partial charge in [-0.05, 0) is 48.4 Å². The van der Waals surface area contributed by atoms with E-state index in [1.54, 1.807) is 23.9 Å². The third-order valence-corrected chi connectivity index (χ3v) is 4.96. The van der Waals surface area contributed by atoms with Crippen molar-refractivity contribution in [1.82, 2.24) is 5.32 Å². The summed E-state index contributed by atoms with van der Waals surface area (Å²) in [6.45, 7) is 2.51. The quantitative estimate of drug-likeness (QED) is 0.669. The van der Waals surface area contributed by atoms with Crippen molar-refractivity contribution in [3.05, 3.63) is 63.6 Å². The molecule has 0 atom stereocenters. The van der Waals surface area contributed by atoms with Crippen LogP contribution < -0.4 is 10.1 Å². The number of amides is 1. The van der Waals surface area contributed by atoms with Crippen LogP contribution in [0.15, 0.2) is 42.5 Å². The van der Waals surface area contributed by atoms with Crippen LogP contribution in [0.25, 0.3) is 0 Å². The summed E-state index contributed by atoms with van der Waals surface area (Å²) in [7, 11) is 0. The van der Waals surface area contributed by atoms with Crippen LogP contribution >= 0.6 is 35.0 Å². The van der Waals surface area contributed by atoms with Crippen LogP contribution in [0, 0.1) is 6.92 Å². The maximum absolute atomic E-state index is 11.8. The van der Waals surface area contributed by atoms with Crippen molar-refractivity contribution in [3.8, 4) is 5.75 Å². The molecule has 0 saturated carbocycles. The van der Waals surface area contributed by atoms with Gasteiger partial charge in [0.05, 0.1) is 0 Å². The Hall–Kier alpha value is -1.36. The summed E-state index contributed by atoms with van der Waals surface area (Å²) < 4.78 is 5.45. The molecule has 0 bridgehead atoms. The van der Waals surface area contributed by atoms with E-state index in [0.29, 0.717) is 17.3 Å². The highest BCUT2D eigenvalue weighted by atomic mass is 35.5. The molecule has 6 heteroatoms. The number of hydrogen-bond acceptors (Lipinski definition) is 3. The van der Waals surface area contributed by atoms with E-state index in [2.05, 4.69) is 5.32 Å². The molecule has 2 aromatic rings. The monoisotopic (exact) mass is 383 g/mol. The SMILES string of the molecule is Cc1cc(OCC(=O)NCCSCc2ccc(Cl)cc2)ccc1Cl. The van der Waals surface area contributed by atoms with E-state index in [1.165, 1.54) is 5.56 Å². The molecule has 3 nitrogen and oxygen atoms in total. The molecule has 0 fully saturated rings. The van der Waals surface area contributed by atoms with Crippen LogP contribution in [-0.4, -0.2) is 24.8 Å². The zero-order valence-electron chi connectivity index (χ0n) is 13.4. The van der Waals surface area contributed by atoms with Gasteiger partial charge in [0, 0.05) is 28.1 Å². The predicted molar refractivity (Wildman–Crippen MR) is 102 cm³/mol. The Bertz CT molecular complexity index is 677. The minimum absolute atomic E-state index is 0.00290. The summed E-state index contributed by atoms with van der Waals surface area (Å²) in [6, 6.07) is 13.1. The number of thioether (sulfide) groups is 1. The molecule has 24 heavy (non-hydrogen) atoms. The summed E-state index contributed by atoms with van der Waals surface area (Å²) >= 11 is 13.6. The molecular formula is C18H19Cl2NO2S. The molecule has 1 amide bonds. The van der Waals surface area contributed by atoms with Crippen LogP contribution in [-0.2, 0) is 10.5 Å². The normalized spacial score (nSPS) is 10.5. The second-order valence-electron chi connectivity index (χ2n) is 5.23. The van der Waals surface area contributed by atoms with Gasteiger partial charge in [-0.1, -0.05) is 35.3 Å². The predicted octanol–water partition coefficient (Wildman–Crippen LogP) is 4.73.